The Morgan fingerprint density at radius 2 is 2.04 bits per heavy atom. The monoisotopic (exact) mass is 357 g/mol. The third kappa shape index (κ3) is 3.91. The van der Waals surface area contributed by atoms with Gasteiger partial charge in [-0.3, -0.25) is 9.69 Å². The summed E-state index contributed by atoms with van der Waals surface area (Å²) in [5.41, 5.74) is 3.31. The number of aromatic nitrogens is 1. The molecule has 0 aliphatic rings. The van der Waals surface area contributed by atoms with Gasteiger partial charge in [-0.2, -0.15) is 0 Å². The molecule has 0 N–H and O–H groups in total. The predicted octanol–water partition coefficient (Wildman–Crippen LogP) is 4.10. The molecule has 5 nitrogen and oxygen atoms in total. The van der Waals surface area contributed by atoms with E-state index in [1.54, 1.807) is 28.4 Å². The Morgan fingerprint density at radius 3 is 2.72 bits per heavy atom. The van der Waals surface area contributed by atoms with Crippen LogP contribution < -0.4 is 4.90 Å². The van der Waals surface area contributed by atoms with Crippen LogP contribution in [0.25, 0.3) is 10.2 Å². The molecule has 1 amide bonds. The van der Waals surface area contributed by atoms with Crippen LogP contribution in [0.3, 0.4) is 0 Å². The Morgan fingerprint density at radius 1 is 1.24 bits per heavy atom. The summed E-state index contributed by atoms with van der Waals surface area (Å²) in [6.07, 6.45) is 2.39. The van der Waals surface area contributed by atoms with Crippen molar-refractivity contribution in [1.82, 2.24) is 9.88 Å². The molecule has 0 unspecified atom stereocenters. The molecule has 2 aromatic heterocycles. The highest BCUT2D eigenvalue weighted by Gasteiger charge is 2.23. The number of hydrogen-bond acceptors (Lipinski definition) is 5. The third-order valence-corrected chi connectivity index (χ3v) is 5.04. The molecule has 0 aliphatic heterocycles. The van der Waals surface area contributed by atoms with Gasteiger partial charge in [0.05, 0.1) is 16.5 Å². The van der Waals surface area contributed by atoms with Crippen LogP contribution in [-0.4, -0.2) is 43.0 Å². The van der Waals surface area contributed by atoms with Crippen molar-refractivity contribution in [3.63, 3.8) is 0 Å². The highest BCUT2D eigenvalue weighted by molar-refractivity contribution is 7.22. The van der Waals surface area contributed by atoms with E-state index in [4.69, 9.17) is 9.40 Å². The maximum Gasteiger partial charge on any atom is 0.295 e. The van der Waals surface area contributed by atoms with Crippen LogP contribution in [0.15, 0.2) is 34.9 Å². The SMILES string of the molecule is Cc1cc(C)c2nc(N(CCCN(C)C)C(=O)c3ccco3)sc2c1. The fourth-order valence-corrected chi connectivity index (χ4v) is 4.00. The number of carbonyl (C=O) groups excluding carboxylic acids is 1. The standard InChI is InChI=1S/C19H23N3O2S/c1-13-11-14(2)17-16(12-13)25-19(20-17)22(9-6-8-21(3)4)18(23)15-7-5-10-24-15/h5,7,10-12H,6,8-9H2,1-4H3. The van der Waals surface area contributed by atoms with Crippen molar-refractivity contribution in [3.8, 4) is 0 Å². The average molecular weight is 357 g/mol. The Bertz CT molecular complexity index is 868. The minimum atomic E-state index is -0.141. The normalized spacial score (nSPS) is 11.4. The van der Waals surface area contributed by atoms with Crippen LogP contribution in [0.2, 0.25) is 0 Å². The van der Waals surface area contributed by atoms with E-state index in [9.17, 15) is 4.79 Å². The molecule has 25 heavy (non-hydrogen) atoms. The first-order chi connectivity index (χ1) is 12.0. The molecule has 0 radical (unpaired) electrons. The summed E-state index contributed by atoms with van der Waals surface area (Å²) in [6.45, 7) is 5.65. The van der Waals surface area contributed by atoms with Crippen molar-refractivity contribution in [2.45, 2.75) is 20.3 Å². The quantitative estimate of drug-likeness (QED) is 0.666. The van der Waals surface area contributed by atoms with Crippen molar-refractivity contribution < 1.29 is 9.21 Å². The molecular weight excluding hydrogens is 334 g/mol. The van der Waals surface area contributed by atoms with Gasteiger partial charge in [-0.15, -0.1) is 0 Å². The summed E-state index contributed by atoms with van der Waals surface area (Å²) in [5, 5.41) is 0.726. The fraction of sp³-hybridized carbons (Fsp3) is 0.368. The number of nitrogens with zero attached hydrogens (tertiary/aromatic N) is 3. The number of anilines is 1. The van der Waals surface area contributed by atoms with E-state index in [1.807, 2.05) is 14.1 Å². The highest BCUT2D eigenvalue weighted by atomic mass is 32.1. The molecule has 0 spiro atoms. The van der Waals surface area contributed by atoms with Gasteiger partial charge in [-0.25, -0.2) is 4.98 Å². The van der Waals surface area contributed by atoms with Crippen molar-refractivity contribution in [2.24, 2.45) is 0 Å². The number of amides is 1. The Balaban J connectivity index is 1.95. The molecule has 0 aliphatic carbocycles. The topological polar surface area (TPSA) is 49.6 Å². The van der Waals surface area contributed by atoms with Crippen molar-refractivity contribution in [1.29, 1.82) is 0 Å². The Labute approximate surface area is 151 Å². The number of fused-ring (bicyclic) bond motifs is 1. The van der Waals surface area contributed by atoms with E-state index in [1.165, 1.54) is 11.8 Å². The Kier molecular flexibility index (Phi) is 5.20. The zero-order chi connectivity index (χ0) is 18.0. The van der Waals surface area contributed by atoms with Gasteiger partial charge in [0, 0.05) is 6.54 Å². The molecule has 3 aromatic rings. The number of thiazole rings is 1. The van der Waals surface area contributed by atoms with E-state index in [2.05, 4.69) is 30.9 Å². The van der Waals surface area contributed by atoms with Crippen LogP contribution in [-0.2, 0) is 0 Å². The van der Waals surface area contributed by atoms with Crippen LogP contribution in [0.4, 0.5) is 5.13 Å². The maximum absolute atomic E-state index is 12.9. The largest absolute Gasteiger partial charge is 0.459 e. The van der Waals surface area contributed by atoms with E-state index in [-0.39, 0.29) is 5.91 Å². The lowest BCUT2D eigenvalue weighted by Crippen LogP contribution is -2.33. The van der Waals surface area contributed by atoms with E-state index in [0.717, 1.165) is 33.9 Å². The van der Waals surface area contributed by atoms with Gasteiger partial charge in [-0.1, -0.05) is 17.4 Å². The number of rotatable bonds is 6. The molecule has 2 heterocycles. The van der Waals surface area contributed by atoms with Gasteiger partial charge < -0.3 is 9.32 Å². The summed E-state index contributed by atoms with van der Waals surface area (Å²) in [4.78, 5) is 21.5. The molecular formula is C19H23N3O2S. The van der Waals surface area contributed by atoms with Crippen molar-refractivity contribution in [3.05, 3.63) is 47.4 Å². The minimum absolute atomic E-state index is 0.141. The molecule has 0 fully saturated rings. The molecule has 6 heteroatoms. The van der Waals surface area contributed by atoms with Crippen molar-refractivity contribution in [2.75, 3.05) is 32.1 Å². The fourth-order valence-electron chi connectivity index (χ4n) is 2.84. The number of carbonyl (C=O) groups is 1. The zero-order valence-corrected chi connectivity index (χ0v) is 15.9. The number of hydrogen-bond donors (Lipinski definition) is 0. The van der Waals surface area contributed by atoms with Gasteiger partial charge in [0.2, 0.25) is 0 Å². The maximum atomic E-state index is 12.9. The third-order valence-electron chi connectivity index (χ3n) is 4.01. The highest BCUT2D eigenvalue weighted by Crippen LogP contribution is 2.32. The smallest absolute Gasteiger partial charge is 0.295 e. The lowest BCUT2D eigenvalue weighted by molar-refractivity contribution is 0.0959. The molecule has 0 atom stereocenters. The Hall–Kier alpha value is -2.18. The molecule has 1 aromatic carbocycles. The van der Waals surface area contributed by atoms with Crippen LogP contribution in [0.5, 0.6) is 0 Å². The minimum Gasteiger partial charge on any atom is -0.459 e. The lowest BCUT2D eigenvalue weighted by Gasteiger charge is -2.19. The average Bonchev–Trinajstić information content (AvgIpc) is 3.20. The summed E-state index contributed by atoms with van der Waals surface area (Å²) in [7, 11) is 4.06. The molecule has 3 rings (SSSR count). The molecule has 0 saturated heterocycles. The second-order valence-electron chi connectivity index (χ2n) is 6.52. The van der Waals surface area contributed by atoms with E-state index in [0.29, 0.717) is 12.3 Å². The van der Waals surface area contributed by atoms with Gasteiger partial charge in [0.25, 0.3) is 5.91 Å². The van der Waals surface area contributed by atoms with E-state index >= 15 is 0 Å². The van der Waals surface area contributed by atoms with Gasteiger partial charge in [0.1, 0.15) is 0 Å². The number of aryl methyl sites for hydroxylation is 2. The second-order valence-corrected chi connectivity index (χ2v) is 7.53. The van der Waals surface area contributed by atoms with Gasteiger partial charge >= 0.3 is 0 Å². The van der Waals surface area contributed by atoms with Crippen LogP contribution >= 0.6 is 11.3 Å². The summed E-state index contributed by atoms with van der Waals surface area (Å²) >= 11 is 1.56. The van der Waals surface area contributed by atoms with Crippen molar-refractivity contribution >= 4 is 32.6 Å². The van der Waals surface area contributed by atoms with E-state index < -0.39 is 0 Å². The van der Waals surface area contributed by atoms with Gasteiger partial charge in [-0.05, 0) is 70.2 Å². The summed E-state index contributed by atoms with van der Waals surface area (Å²) in [5.74, 6) is 0.203. The zero-order valence-electron chi connectivity index (χ0n) is 15.1. The van der Waals surface area contributed by atoms with Crippen LogP contribution in [0.1, 0.15) is 28.1 Å². The number of furan rings is 1. The summed E-state index contributed by atoms with van der Waals surface area (Å²) in [6, 6.07) is 7.68. The second kappa shape index (κ2) is 7.37. The lowest BCUT2D eigenvalue weighted by atomic mass is 10.1. The first-order valence-corrected chi connectivity index (χ1v) is 9.15. The first-order valence-electron chi connectivity index (χ1n) is 8.33. The predicted molar refractivity (Wildman–Crippen MR) is 103 cm³/mol. The molecule has 0 saturated carbocycles. The molecule has 0 bridgehead atoms. The van der Waals surface area contributed by atoms with Gasteiger partial charge in [0.15, 0.2) is 10.9 Å². The number of benzene rings is 1. The first kappa shape index (κ1) is 17.6. The summed E-state index contributed by atoms with van der Waals surface area (Å²) < 4.78 is 6.43. The molecule has 132 valence electrons. The van der Waals surface area contributed by atoms with Crippen LogP contribution in [0, 0.1) is 13.8 Å².